The van der Waals surface area contributed by atoms with Gasteiger partial charge in [0.05, 0.1) is 16.2 Å². The first-order valence-electron chi connectivity index (χ1n) is 6.87. The van der Waals surface area contributed by atoms with Gasteiger partial charge in [-0.15, -0.1) is 0 Å². The van der Waals surface area contributed by atoms with E-state index in [2.05, 4.69) is 20.2 Å². The molecule has 0 spiro atoms. The van der Waals surface area contributed by atoms with Crippen LogP contribution in [0, 0.1) is 0 Å². The molecule has 7 heteroatoms. The first-order valence-corrected chi connectivity index (χ1v) is 8.52. The van der Waals surface area contributed by atoms with Crippen molar-refractivity contribution in [1.29, 1.82) is 0 Å². The highest BCUT2D eigenvalue weighted by atomic mass is 32.2. The minimum atomic E-state index is -3.14. The van der Waals surface area contributed by atoms with Crippen molar-refractivity contribution in [3.63, 3.8) is 0 Å². The summed E-state index contributed by atoms with van der Waals surface area (Å²) in [5.74, 6) is 0.892. The lowest BCUT2D eigenvalue weighted by molar-refractivity contribution is 0.425. The molecule has 0 radical (unpaired) electrons. The molecule has 0 aliphatic carbocycles. The zero-order chi connectivity index (χ0) is 15.0. The lowest BCUT2D eigenvalue weighted by Crippen LogP contribution is -2.21. The van der Waals surface area contributed by atoms with Crippen LogP contribution in [0.25, 0.3) is 10.9 Å². The van der Waals surface area contributed by atoms with Gasteiger partial charge in [-0.25, -0.2) is 18.4 Å². The van der Waals surface area contributed by atoms with Gasteiger partial charge in [0.15, 0.2) is 9.84 Å². The molecule has 0 saturated carbocycles. The number of fused-ring (bicyclic) bond motifs is 3. The van der Waals surface area contributed by atoms with Crippen LogP contribution in [-0.4, -0.2) is 56.2 Å². The third-order valence-electron chi connectivity index (χ3n) is 3.68. The Morgan fingerprint density at radius 3 is 2.86 bits per heavy atom. The van der Waals surface area contributed by atoms with Crippen molar-refractivity contribution in [3.05, 3.63) is 24.0 Å². The maximum atomic E-state index is 12.0. The van der Waals surface area contributed by atoms with Crippen LogP contribution in [0.2, 0.25) is 0 Å². The lowest BCUT2D eigenvalue weighted by Gasteiger charge is -2.13. The number of nitrogens with zero attached hydrogens (tertiary/aromatic N) is 3. The summed E-state index contributed by atoms with van der Waals surface area (Å²) in [4.78, 5) is 11.1. The second kappa shape index (κ2) is 5.23. The molecule has 1 aliphatic rings. The first-order chi connectivity index (χ1) is 9.99. The second-order valence-electron chi connectivity index (χ2n) is 5.46. The largest absolute Gasteiger partial charge is 0.368 e. The molecular weight excluding hydrogens is 288 g/mol. The SMILES string of the molecule is CN(C)CCNc1ncnc2ccc3c(c12)CCS3(=O)=O. The Hall–Kier alpha value is -1.73. The second-order valence-corrected chi connectivity index (χ2v) is 7.54. The normalized spacial score (nSPS) is 16.3. The van der Waals surface area contributed by atoms with Crippen LogP contribution in [0.5, 0.6) is 0 Å². The summed E-state index contributed by atoms with van der Waals surface area (Å²) >= 11 is 0. The van der Waals surface area contributed by atoms with E-state index in [0.29, 0.717) is 11.3 Å². The number of benzene rings is 1. The molecule has 21 heavy (non-hydrogen) atoms. The van der Waals surface area contributed by atoms with Gasteiger partial charge >= 0.3 is 0 Å². The number of aromatic nitrogens is 2. The summed E-state index contributed by atoms with van der Waals surface area (Å²) in [5, 5.41) is 4.13. The predicted octanol–water partition coefficient (Wildman–Crippen LogP) is 0.933. The monoisotopic (exact) mass is 306 g/mol. The number of hydrogen-bond donors (Lipinski definition) is 1. The molecule has 0 bridgehead atoms. The predicted molar refractivity (Wildman–Crippen MR) is 82.3 cm³/mol. The fraction of sp³-hybridized carbons (Fsp3) is 0.429. The van der Waals surface area contributed by atoms with Crippen LogP contribution in [0.3, 0.4) is 0 Å². The van der Waals surface area contributed by atoms with Gasteiger partial charge in [-0.2, -0.15) is 0 Å². The minimum Gasteiger partial charge on any atom is -0.368 e. The molecule has 3 rings (SSSR count). The van der Waals surface area contributed by atoms with E-state index in [-0.39, 0.29) is 5.75 Å². The molecule has 1 N–H and O–H groups in total. The third-order valence-corrected chi connectivity index (χ3v) is 5.47. The number of sulfone groups is 1. The molecule has 0 saturated heterocycles. The fourth-order valence-electron chi connectivity index (χ4n) is 2.62. The number of aryl methyl sites for hydroxylation is 1. The van der Waals surface area contributed by atoms with Crippen molar-refractivity contribution < 1.29 is 8.42 Å². The highest BCUT2D eigenvalue weighted by molar-refractivity contribution is 7.91. The van der Waals surface area contributed by atoms with Crippen LogP contribution in [0.1, 0.15) is 5.56 Å². The smallest absolute Gasteiger partial charge is 0.179 e. The molecule has 2 heterocycles. The van der Waals surface area contributed by atoms with Gasteiger partial charge < -0.3 is 10.2 Å². The van der Waals surface area contributed by atoms with Crippen LogP contribution < -0.4 is 5.32 Å². The fourth-order valence-corrected chi connectivity index (χ4v) is 4.17. The molecule has 0 atom stereocenters. The topological polar surface area (TPSA) is 75.2 Å². The van der Waals surface area contributed by atoms with Gasteiger partial charge in [-0.05, 0) is 38.2 Å². The zero-order valence-corrected chi connectivity index (χ0v) is 12.9. The third kappa shape index (κ3) is 2.58. The quantitative estimate of drug-likeness (QED) is 0.906. The van der Waals surface area contributed by atoms with Gasteiger partial charge in [-0.1, -0.05) is 0 Å². The highest BCUT2D eigenvalue weighted by Gasteiger charge is 2.29. The van der Waals surface area contributed by atoms with Crippen molar-refractivity contribution >= 4 is 26.6 Å². The summed E-state index contributed by atoms with van der Waals surface area (Å²) in [7, 11) is 0.869. The summed E-state index contributed by atoms with van der Waals surface area (Å²) in [5.41, 5.74) is 1.63. The van der Waals surface area contributed by atoms with E-state index in [1.807, 2.05) is 14.1 Å². The summed E-state index contributed by atoms with van der Waals surface area (Å²) in [6, 6.07) is 3.42. The summed E-state index contributed by atoms with van der Waals surface area (Å²) < 4.78 is 24.1. The maximum absolute atomic E-state index is 12.0. The Morgan fingerprint density at radius 2 is 2.10 bits per heavy atom. The molecule has 0 fully saturated rings. The molecule has 112 valence electrons. The standard InChI is InChI=1S/C14H18N4O2S/c1-18(2)7-6-15-14-13-10-5-8-21(19,20)12(10)4-3-11(13)16-9-17-14/h3-4,9H,5-8H2,1-2H3,(H,15,16,17). The van der Waals surface area contributed by atoms with E-state index in [4.69, 9.17) is 0 Å². The molecule has 1 aromatic heterocycles. The maximum Gasteiger partial charge on any atom is 0.179 e. The van der Waals surface area contributed by atoms with Crippen LogP contribution in [-0.2, 0) is 16.3 Å². The van der Waals surface area contributed by atoms with E-state index in [0.717, 1.165) is 35.4 Å². The molecule has 1 aromatic carbocycles. The van der Waals surface area contributed by atoms with Crippen molar-refractivity contribution in [2.24, 2.45) is 0 Å². The van der Waals surface area contributed by atoms with Crippen molar-refractivity contribution in [2.75, 3.05) is 38.3 Å². The zero-order valence-electron chi connectivity index (χ0n) is 12.1. The highest BCUT2D eigenvalue weighted by Crippen LogP contribution is 2.34. The first kappa shape index (κ1) is 14.2. The van der Waals surface area contributed by atoms with Crippen molar-refractivity contribution in [2.45, 2.75) is 11.3 Å². The minimum absolute atomic E-state index is 0.174. The Labute approximate surface area is 124 Å². The van der Waals surface area contributed by atoms with E-state index >= 15 is 0 Å². The number of hydrogen-bond acceptors (Lipinski definition) is 6. The summed E-state index contributed by atoms with van der Waals surface area (Å²) in [6.45, 7) is 1.62. The number of nitrogens with one attached hydrogen (secondary N) is 1. The van der Waals surface area contributed by atoms with Crippen LogP contribution in [0.15, 0.2) is 23.4 Å². The molecule has 6 nitrogen and oxygen atoms in total. The van der Waals surface area contributed by atoms with Crippen LogP contribution >= 0.6 is 0 Å². The Bertz CT molecular complexity index is 787. The van der Waals surface area contributed by atoms with E-state index in [1.165, 1.54) is 6.33 Å². The van der Waals surface area contributed by atoms with Gasteiger partial charge in [0.25, 0.3) is 0 Å². The van der Waals surface area contributed by atoms with Crippen molar-refractivity contribution in [3.8, 4) is 0 Å². The van der Waals surface area contributed by atoms with E-state index < -0.39 is 9.84 Å². The van der Waals surface area contributed by atoms with Gasteiger partial charge in [0.2, 0.25) is 0 Å². The van der Waals surface area contributed by atoms with Crippen molar-refractivity contribution in [1.82, 2.24) is 14.9 Å². The molecule has 1 aliphatic heterocycles. The van der Waals surface area contributed by atoms with Gasteiger partial charge in [0, 0.05) is 18.5 Å². The van der Waals surface area contributed by atoms with Gasteiger partial charge in [-0.3, -0.25) is 0 Å². The Balaban J connectivity index is 2.08. The molecular formula is C14H18N4O2S. The number of rotatable bonds is 4. The molecule has 0 amide bonds. The van der Waals surface area contributed by atoms with Gasteiger partial charge in [0.1, 0.15) is 12.1 Å². The average Bonchev–Trinajstić information content (AvgIpc) is 2.74. The summed E-state index contributed by atoms with van der Waals surface area (Å²) in [6.07, 6.45) is 2.04. The van der Waals surface area contributed by atoms with E-state index in [1.54, 1.807) is 12.1 Å². The average molecular weight is 306 g/mol. The Kier molecular flexibility index (Phi) is 3.54. The Morgan fingerprint density at radius 1 is 1.29 bits per heavy atom. The van der Waals surface area contributed by atoms with Crippen LogP contribution in [0.4, 0.5) is 5.82 Å². The molecule has 0 unspecified atom stereocenters. The number of anilines is 1. The van der Waals surface area contributed by atoms with E-state index in [9.17, 15) is 8.42 Å². The molecule has 2 aromatic rings. The number of likely N-dealkylation sites (N-methyl/N-ethyl adjacent to an activating group) is 1. The lowest BCUT2D eigenvalue weighted by atomic mass is 10.1.